The summed E-state index contributed by atoms with van der Waals surface area (Å²) in [6.45, 7) is 1.91. The van der Waals surface area contributed by atoms with Crippen LogP contribution in [0.25, 0.3) is 0 Å². The standard InChI is InChI=1S/C15H12BrClO2/c1-10-4-2-3-5-12(10)14(18)9-19-15-7-6-11(17)8-13(15)16/h2-8H,9H2,1H3. The Morgan fingerprint density at radius 1 is 1.26 bits per heavy atom. The largest absolute Gasteiger partial charge is 0.484 e. The molecule has 0 unspecified atom stereocenters. The van der Waals surface area contributed by atoms with Gasteiger partial charge in [-0.3, -0.25) is 4.79 Å². The minimum atomic E-state index is -0.0417. The van der Waals surface area contributed by atoms with E-state index in [4.69, 9.17) is 16.3 Å². The third-order valence-corrected chi connectivity index (χ3v) is 3.55. The molecule has 4 heteroatoms. The number of ketones is 1. The predicted octanol–water partition coefficient (Wildman–Crippen LogP) is 4.67. The molecule has 0 bridgehead atoms. The van der Waals surface area contributed by atoms with Crippen molar-refractivity contribution in [1.82, 2.24) is 0 Å². The first-order valence-electron chi connectivity index (χ1n) is 5.74. The highest BCUT2D eigenvalue weighted by atomic mass is 79.9. The van der Waals surface area contributed by atoms with Crippen molar-refractivity contribution in [3.63, 3.8) is 0 Å². The molecule has 0 aliphatic heterocycles. The molecule has 0 saturated carbocycles. The van der Waals surface area contributed by atoms with E-state index in [1.54, 1.807) is 24.3 Å². The van der Waals surface area contributed by atoms with Crippen LogP contribution in [0.3, 0.4) is 0 Å². The fourth-order valence-electron chi connectivity index (χ4n) is 1.70. The summed E-state index contributed by atoms with van der Waals surface area (Å²) in [5.41, 5.74) is 1.64. The Labute approximate surface area is 125 Å². The van der Waals surface area contributed by atoms with E-state index < -0.39 is 0 Å². The molecule has 0 saturated heterocycles. The van der Waals surface area contributed by atoms with Gasteiger partial charge in [0.2, 0.25) is 0 Å². The van der Waals surface area contributed by atoms with Crippen molar-refractivity contribution in [3.8, 4) is 5.75 Å². The normalized spacial score (nSPS) is 10.3. The second kappa shape index (κ2) is 6.22. The summed E-state index contributed by atoms with van der Waals surface area (Å²) in [6, 6.07) is 12.6. The first-order chi connectivity index (χ1) is 9.08. The van der Waals surface area contributed by atoms with E-state index in [-0.39, 0.29) is 12.4 Å². The van der Waals surface area contributed by atoms with E-state index in [1.807, 2.05) is 25.1 Å². The predicted molar refractivity (Wildman–Crippen MR) is 80.2 cm³/mol. The number of hydrogen-bond donors (Lipinski definition) is 0. The molecule has 0 aromatic heterocycles. The van der Waals surface area contributed by atoms with Gasteiger partial charge < -0.3 is 4.74 Å². The van der Waals surface area contributed by atoms with Gasteiger partial charge in [0, 0.05) is 10.6 Å². The van der Waals surface area contributed by atoms with Gasteiger partial charge in [0.1, 0.15) is 5.75 Å². The Hall–Kier alpha value is -1.32. The van der Waals surface area contributed by atoms with Crippen LogP contribution in [-0.2, 0) is 0 Å². The van der Waals surface area contributed by atoms with Crippen LogP contribution in [0.1, 0.15) is 15.9 Å². The van der Waals surface area contributed by atoms with E-state index in [2.05, 4.69) is 15.9 Å². The van der Waals surface area contributed by atoms with Crippen molar-refractivity contribution in [2.24, 2.45) is 0 Å². The second-order valence-electron chi connectivity index (χ2n) is 4.10. The molecule has 0 fully saturated rings. The maximum absolute atomic E-state index is 12.1. The zero-order valence-corrected chi connectivity index (χ0v) is 12.7. The third kappa shape index (κ3) is 3.58. The molecule has 0 N–H and O–H groups in total. The molecule has 2 rings (SSSR count). The van der Waals surface area contributed by atoms with Gasteiger partial charge in [-0.15, -0.1) is 0 Å². The highest BCUT2D eigenvalue weighted by molar-refractivity contribution is 9.10. The highest BCUT2D eigenvalue weighted by Crippen LogP contribution is 2.28. The van der Waals surface area contributed by atoms with Gasteiger partial charge in [0.15, 0.2) is 12.4 Å². The van der Waals surface area contributed by atoms with Crippen molar-refractivity contribution < 1.29 is 9.53 Å². The highest BCUT2D eigenvalue weighted by Gasteiger charge is 2.10. The average molecular weight is 340 g/mol. The van der Waals surface area contributed by atoms with Gasteiger partial charge in [-0.05, 0) is 46.6 Å². The van der Waals surface area contributed by atoms with Crippen molar-refractivity contribution in [2.45, 2.75) is 6.92 Å². The lowest BCUT2D eigenvalue weighted by Gasteiger charge is -2.09. The molecule has 0 spiro atoms. The van der Waals surface area contributed by atoms with Gasteiger partial charge in [0.05, 0.1) is 4.47 Å². The Balaban J connectivity index is 2.07. The van der Waals surface area contributed by atoms with Crippen molar-refractivity contribution >= 4 is 33.3 Å². The Bertz CT molecular complexity index is 611. The number of halogens is 2. The second-order valence-corrected chi connectivity index (χ2v) is 5.39. The number of rotatable bonds is 4. The molecule has 0 amide bonds. The van der Waals surface area contributed by atoms with Crippen LogP contribution < -0.4 is 4.74 Å². The molecule has 2 nitrogen and oxygen atoms in total. The maximum atomic E-state index is 12.1. The van der Waals surface area contributed by atoms with Gasteiger partial charge in [0.25, 0.3) is 0 Å². The molecular formula is C15H12BrClO2. The Kier molecular flexibility index (Phi) is 4.61. The third-order valence-electron chi connectivity index (χ3n) is 2.70. The summed E-state index contributed by atoms with van der Waals surface area (Å²) in [7, 11) is 0. The number of benzene rings is 2. The zero-order chi connectivity index (χ0) is 13.8. The van der Waals surface area contributed by atoms with Crippen molar-refractivity contribution in [1.29, 1.82) is 0 Å². The molecular weight excluding hydrogens is 328 g/mol. The molecule has 2 aromatic rings. The number of ether oxygens (including phenoxy) is 1. The number of carbonyl (C=O) groups is 1. The molecule has 0 heterocycles. The van der Waals surface area contributed by atoms with Crippen LogP contribution in [0, 0.1) is 6.92 Å². The van der Waals surface area contributed by atoms with Crippen LogP contribution in [-0.4, -0.2) is 12.4 Å². The van der Waals surface area contributed by atoms with E-state index in [9.17, 15) is 4.79 Å². The minimum absolute atomic E-state index is 0.00505. The summed E-state index contributed by atoms with van der Waals surface area (Å²) < 4.78 is 6.24. The molecule has 0 atom stereocenters. The SMILES string of the molecule is Cc1ccccc1C(=O)COc1ccc(Cl)cc1Br. The van der Waals surface area contributed by atoms with Crippen LogP contribution in [0.4, 0.5) is 0 Å². The summed E-state index contributed by atoms with van der Waals surface area (Å²) in [4.78, 5) is 12.1. The lowest BCUT2D eigenvalue weighted by Crippen LogP contribution is -2.13. The lowest BCUT2D eigenvalue weighted by molar-refractivity contribution is 0.0920. The summed E-state index contributed by atoms with van der Waals surface area (Å²) in [5.74, 6) is 0.561. The van der Waals surface area contributed by atoms with Crippen LogP contribution in [0.15, 0.2) is 46.9 Å². The monoisotopic (exact) mass is 338 g/mol. The van der Waals surface area contributed by atoms with Crippen LogP contribution >= 0.6 is 27.5 Å². The van der Waals surface area contributed by atoms with Crippen LogP contribution in [0.5, 0.6) is 5.75 Å². The molecule has 0 aliphatic carbocycles. The van der Waals surface area contributed by atoms with Gasteiger partial charge >= 0.3 is 0 Å². The van der Waals surface area contributed by atoms with Crippen LogP contribution in [0.2, 0.25) is 5.02 Å². The van der Waals surface area contributed by atoms with E-state index in [0.29, 0.717) is 16.3 Å². The van der Waals surface area contributed by atoms with Gasteiger partial charge in [-0.1, -0.05) is 35.9 Å². The number of carbonyl (C=O) groups excluding carboxylic acids is 1. The Morgan fingerprint density at radius 3 is 2.68 bits per heavy atom. The maximum Gasteiger partial charge on any atom is 0.200 e. The molecule has 19 heavy (non-hydrogen) atoms. The Morgan fingerprint density at radius 2 is 2.00 bits per heavy atom. The summed E-state index contributed by atoms with van der Waals surface area (Å²) in [5, 5.41) is 0.615. The minimum Gasteiger partial charge on any atom is -0.484 e. The fraction of sp³-hybridized carbons (Fsp3) is 0.133. The van der Waals surface area contributed by atoms with Gasteiger partial charge in [-0.2, -0.15) is 0 Å². The molecule has 2 aromatic carbocycles. The average Bonchev–Trinajstić information content (AvgIpc) is 2.38. The molecule has 0 radical (unpaired) electrons. The van der Waals surface area contributed by atoms with E-state index in [0.717, 1.165) is 10.0 Å². The molecule has 0 aliphatic rings. The van der Waals surface area contributed by atoms with Gasteiger partial charge in [-0.25, -0.2) is 0 Å². The number of Topliss-reactive ketones (excluding diaryl/α,β-unsaturated/α-hetero) is 1. The van der Waals surface area contributed by atoms with E-state index >= 15 is 0 Å². The lowest BCUT2D eigenvalue weighted by atomic mass is 10.1. The first-order valence-corrected chi connectivity index (χ1v) is 6.91. The number of hydrogen-bond acceptors (Lipinski definition) is 2. The first kappa shape index (κ1) is 14.1. The van der Waals surface area contributed by atoms with E-state index in [1.165, 1.54) is 0 Å². The zero-order valence-electron chi connectivity index (χ0n) is 10.3. The van der Waals surface area contributed by atoms with Crippen molar-refractivity contribution in [2.75, 3.05) is 6.61 Å². The smallest absolute Gasteiger partial charge is 0.200 e. The topological polar surface area (TPSA) is 26.3 Å². The quantitative estimate of drug-likeness (QED) is 0.757. The molecule has 98 valence electrons. The van der Waals surface area contributed by atoms with Crippen molar-refractivity contribution in [3.05, 3.63) is 63.1 Å². The summed E-state index contributed by atoms with van der Waals surface area (Å²) in [6.07, 6.45) is 0. The number of aryl methyl sites for hydroxylation is 1. The summed E-state index contributed by atoms with van der Waals surface area (Å²) >= 11 is 9.19. The fourth-order valence-corrected chi connectivity index (χ4v) is 2.50.